The van der Waals surface area contributed by atoms with Crippen molar-refractivity contribution in [3.05, 3.63) is 41.5 Å². The number of nitrogens with one attached hydrogen (secondary N) is 1. The van der Waals surface area contributed by atoms with Gasteiger partial charge in [0, 0.05) is 5.56 Å². The van der Waals surface area contributed by atoms with E-state index in [1.54, 1.807) is 6.08 Å². The summed E-state index contributed by atoms with van der Waals surface area (Å²) in [4.78, 5) is 0. The van der Waals surface area contributed by atoms with Gasteiger partial charge in [-0.15, -0.1) is 0 Å². The van der Waals surface area contributed by atoms with Crippen LogP contribution >= 0.6 is 0 Å². The number of hydrogen-bond acceptors (Lipinski definition) is 3. The van der Waals surface area contributed by atoms with Gasteiger partial charge in [0.1, 0.15) is 5.71 Å². The lowest BCUT2D eigenvalue weighted by Crippen LogP contribution is -2.18. The van der Waals surface area contributed by atoms with Crippen molar-refractivity contribution in [2.75, 3.05) is 0 Å². The highest BCUT2D eigenvalue weighted by molar-refractivity contribution is 6.53. The quantitative estimate of drug-likeness (QED) is 0.449. The molecule has 0 amide bonds. The van der Waals surface area contributed by atoms with Crippen molar-refractivity contribution in [2.24, 2.45) is 10.9 Å². The molecule has 0 spiro atoms. The van der Waals surface area contributed by atoms with E-state index in [9.17, 15) is 0 Å². The summed E-state index contributed by atoms with van der Waals surface area (Å²) in [6, 6.07) is 7.76. The summed E-state index contributed by atoms with van der Waals surface area (Å²) >= 11 is 0. The summed E-state index contributed by atoms with van der Waals surface area (Å²) in [5.74, 6) is 5.22. The molecule has 0 heterocycles. The van der Waals surface area contributed by atoms with Crippen molar-refractivity contribution >= 4 is 17.5 Å². The Morgan fingerprint density at radius 3 is 2.69 bits per heavy atom. The first kappa shape index (κ1) is 7.73. The molecule has 0 aromatic heterocycles. The number of hydrogen-bond donors (Lipinski definition) is 2. The van der Waals surface area contributed by atoms with Crippen molar-refractivity contribution in [1.29, 1.82) is 5.41 Å². The van der Waals surface area contributed by atoms with Gasteiger partial charge in [0.2, 0.25) is 0 Å². The number of hydrazone groups is 1. The van der Waals surface area contributed by atoms with Crippen LogP contribution in [0.3, 0.4) is 0 Å². The molecule has 0 aliphatic heterocycles. The highest BCUT2D eigenvalue weighted by Crippen LogP contribution is 2.16. The van der Waals surface area contributed by atoms with Crippen LogP contribution in [0, 0.1) is 5.41 Å². The standard InChI is InChI=1S/C10H9N3/c11-9-6-5-7-3-1-2-4-8(7)10(9)13-12/h1-6,11H,12H2. The molecule has 3 nitrogen and oxygen atoms in total. The number of nitrogens with zero attached hydrogens (tertiary/aromatic N) is 1. The van der Waals surface area contributed by atoms with E-state index in [1.165, 1.54) is 0 Å². The summed E-state index contributed by atoms with van der Waals surface area (Å²) in [7, 11) is 0. The summed E-state index contributed by atoms with van der Waals surface area (Å²) < 4.78 is 0. The third-order valence-electron chi connectivity index (χ3n) is 2.03. The van der Waals surface area contributed by atoms with E-state index in [2.05, 4.69) is 5.10 Å². The number of rotatable bonds is 0. The van der Waals surface area contributed by atoms with Gasteiger partial charge in [-0.2, -0.15) is 5.10 Å². The molecule has 64 valence electrons. The number of benzene rings is 1. The molecular formula is C10H9N3. The Morgan fingerprint density at radius 2 is 1.92 bits per heavy atom. The van der Waals surface area contributed by atoms with Crippen LogP contribution < -0.4 is 5.84 Å². The van der Waals surface area contributed by atoms with Gasteiger partial charge in [-0.1, -0.05) is 30.3 Å². The van der Waals surface area contributed by atoms with E-state index in [0.717, 1.165) is 11.1 Å². The maximum absolute atomic E-state index is 7.58. The van der Waals surface area contributed by atoms with E-state index in [4.69, 9.17) is 11.3 Å². The van der Waals surface area contributed by atoms with Crippen LogP contribution in [-0.4, -0.2) is 11.4 Å². The average Bonchev–Trinajstić information content (AvgIpc) is 2.18. The molecule has 0 bridgehead atoms. The third kappa shape index (κ3) is 1.14. The van der Waals surface area contributed by atoms with Crippen LogP contribution in [0.5, 0.6) is 0 Å². The molecule has 1 aromatic rings. The fraction of sp³-hybridized carbons (Fsp3) is 0. The topological polar surface area (TPSA) is 62.2 Å². The van der Waals surface area contributed by atoms with E-state index in [0.29, 0.717) is 11.4 Å². The van der Waals surface area contributed by atoms with Crippen molar-refractivity contribution in [3.63, 3.8) is 0 Å². The second-order valence-corrected chi connectivity index (χ2v) is 2.81. The second kappa shape index (κ2) is 2.86. The molecular weight excluding hydrogens is 162 g/mol. The zero-order valence-corrected chi connectivity index (χ0v) is 6.99. The van der Waals surface area contributed by atoms with Gasteiger partial charge in [0.25, 0.3) is 0 Å². The minimum absolute atomic E-state index is 0.362. The molecule has 3 heteroatoms. The lowest BCUT2D eigenvalue weighted by Gasteiger charge is -2.11. The van der Waals surface area contributed by atoms with Gasteiger partial charge < -0.3 is 5.84 Å². The van der Waals surface area contributed by atoms with Gasteiger partial charge >= 0.3 is 0 Å². The molecule has 13 heavy (non-hydrogen) atoms. The maximum Gasteiger partial charge on any atom is 0.115 e. The Kier molecular flexibility index (Phi) is 1.70. The predicted molar refractivity (Wildman–Crippen MR) is 53.9 cm³/mol. The van der Waals surface area contributed by atoms with Crippen molar-refractivity contribution in [1.82, 2.24) is 0 Å². The fourth-order valence-electron chi connectivity index (χ4n) is 1.39. The van der Waals surface area contributed by atoms with Crippen LogP contribution in [0.25, 0.3) is 6.08 Å². The van der Waals surface area contributed by atoms with Crippen LogP contribution in [0.1, 0.15) is 11.1 Å². The summed E-state index contributed by atoms with van der Waals surface area (Å²) in [6.07, 6.45) is 3.60. The monoisotopic (exact) mass is 171 g/mol. The van der Waals surface area contributed by atoms with Gasteiger partial charge in [-0.05, 0) is 11.6 Å². The molecule has 3 N–H and O–H groups in total. The van der Waals surface area contributed by atoms with Crippen molar-refractivity contribution < 1.29 is 0 Å². The smallest absolute Gasteiger partial charge is 0.115 e. The Labute approximate surface area is 76.1 Å². The minimum Gasteiger partial charge on any atom is -0.323 e. The van der Waals surface area contributed by atoms with Crippen molar-refractivity contribution in [3.8, 4) is 0 Å². The Balaban J connectivity index is 2.67. The molecule has 0 fully saturated rings. The molecule has 1 aromatic carbocycles. The third-order valence-corrected chi connectivity index (χ3v) is 2.03. The van der Waals surface area contributed by atoms with Crippen molar-refractivity contribution in [2.45, 2.75) is 0 Å². The highest BCUT2D eigenvalue weighted by atomic mass is 15.1. The first-order valence-electron chi connectivity index (χ1n) is 3.97. The largest absolute Gasteiger partial charge is 0.323 e. The summed E-state index contributed by atoms with van der Waals surface area (Å²) in [5.41, 5.74) is 2.90. The fourth-order valence-corrected chi connectivity index (χ4v) is 1.39. The zero-order valence-electron chi connectivity index (χ0n) is 6.99. The second-order valence-electron chi connectivity index (χ2n) is 2.81. The Bertz CT molecular complexity index is 416. The average molecular weight is 171 g/mol. The molecule has 0 radical (unpaired) electrons. The van der Waals surface area contributed by atoms with Crippen LogP contribution in [0.4, 0.5) is 0 Å². The van der Waals surface area contributed by atoms with Crippen LogP contribution in [-0.2, 0) is 0 Å². The molecule has 2 rings (SSSR count). The SMILES string of the molecule is N=C1C=Cc2ccccc2C1=NN. The van der Waals surface area contributed by atoms with Gasteiger partial charge in [0.05, 0.1) is 5.71 Å². The van der Waals surface area contributed by atoms with Crippen LogP contribution in [0.2, 0.25) is 0 Å². The highest BCUT2D eigenvalue weighted by Gasteiger charge is 2.14. The van der Waals surface area contributed by atoms with E-state index in [-0.39, 0.29) is 0 Å². The minimum atomic E-state index is 0.362. The van der Waals surface area contributed by atoms with E-state index in [1.807, 2.05) is 30.3 Å². The molecule has 0 atom stereocenters. The van der Waals surface area contributed by atoms with Gasteiger partial charge in [0.15, 0.2) is 0 Å². The van der Waals surface area contributed by atoms with Crippen LogP contribution in [0.15, 0.2) is 35.4 Å². The van der Waals surface area contributed by atoms with Gasteiger partial charge in [-0.3, -0.25) is 5.41 Å². The zero-order chi connectivity index (χ0) is 9.26. The maximum atomic E-state index is 7.58. The number of nitrogens with two attached hydrogens (primary N) is 1. The van der Waals surface area contributed by atoms with E-state index >= 15 is 0 Å². The predicted octanol–water partition coefficient (Wildman–Crippen LogP) is 1.40. The van der Waals surface area contributed by atoms with E-state index < -0.39 is 0 Å². The summed E-state index contributed by atoms with van der Waals surface area (Å²) in [5, 5.41) is 11.2. The number of fused-ring (bicyclic) bond motifs is 1. The van der Waals surface area contributed by atoms with Gasteiger partial charge in [-0.25, -0.2) is 0 Å². The molecule has 1 aliphatic carbocycles. The number of allylic oxidation sites excluding steroid dienone is 1. The molecule has 0 saturated heterocycles. The lowest BCUT2D eigenvalue weighted by molar-refractivity contribution is 1.25. The lowest BCUT2D eigenvalue weighted by atomic mass is 9.94. The first-order valence-corrected chi connectivity index (χ1v) is 3.97. The first-order chi connectivity index (χ1) is 6.33. The Morgan fingerprint density at radius 1 is 1.15 bits per heavy atom. The molecule has 0 unspecified atom stereocenters. The molecule has 1 aliphatic rings. The molecule has 0 saturated carbocycles. The summed E-state index contributed by atoms with van der Waals surface area (Å²) in [6.45, 7) is 0. The Hall–Kier alpha value is -1.90. The normalized spacial score (nSPS) is 17.5.